The van der Waals surface area contributed by atoms with E-state index < -0.39 is 11.9 Å². The van der Waals surface area contributed by atoms with Gasteiger partial charge in [0, 0.05) is 11.4 Å². The lowest BCUT2D eigenvalue weighted by Gasteiger charge is -2.10. The van der Waals surface area contributed by atoms with Crippen LogP contribution in [0.2, 0.25) is 0 Å². The summed E-state index contributed by atoms with van der Waals surface area (Å²) in [5, 5.41) is 11.6. The summed E-state index contributed by atoms with van der Waals surface area (Å²) in [7, 11) is 0. The van der Waals surface area contributed by atoms with Crippen LogP contribution in [-0.4, -0.2) is 28.5 Å². The summed E-state index contributed by atoms with van der Waals surface area (Å²) in [5.74, 6) is -0.655. The van der Waals surface area contributed by atoms with Crippen molar-refractivity contribution in [3.63, 3.8) is 0 Å². The molecule has 1 rings (SSSR count). The van der Waals surface area contributed by atoms with Gasteiger partial charge in [0.15, 0.2) is 0 Å². The van der Waals surface area contributed by atoms with E-state index in [0.29, 0.717) is 5.75 Å². The number of anilines is 1. The zero-order valence-electron chi connectivity index (χ0n) is 11.4. The van der Waals surface area contributed by atoms with Crippen LogP contribution in [-0.2, 0) is 9.59 Å². The Morgan fingerprint density at radius 3 is 2.68 bits per heavy atom. The van der Waals surface area contributed by atoms with Crippen molar-refractivity contribution >= 4 is 29.3 Å². The second kappa shape index (κ2) is 7.19. The number of carboxylic acids is 1. The van der Waals surface area contributed by atoms with E-state index >= 15 is 0 Å². The highest BCUT2D eigenvalue weighted by Crippen LogP contribution is 2.17. The molecule has 2 N–H and O–H groups in total. The monoisotopic (exact) mass is 281 g/mol. The second-order valence-electron chi connectivity index (χ2n) is 4.62. The summed E-state index contributed by atoms with van der Waals surface area (Å²) >= 11 is 1.33. The SMILES string of the molecule is Cc1ccc(C)c(NC(=O)CSCC(C)C(=O)O)c1. The minimum Gasteiger partial charge on any atom is -0.481 e. The van der Waals surface area contributed by atoms with E-state index in [9.17, 15) is 9.59 Å². The normalized spacial score (nSPS) is 11.9. The molecule has 1 unspecified atom stereocenters. The van der Waals surface area contributed by atoms with E-state index in [0.717, 1.165) is 16.8 Å². The molecular formula is C14H19NO3S. The van der Waals surface area contributed by atoms with Crippen molar-refractivity contribution < 1.29 is 14.7 Å². The van der Waals surface area contributed by atoms with Crippen LogP contribution < -0.4 is 5.32 Å². The molecule has 1 aromatic carbocycles. The van der Waals surface area contributed by atoms with E-state index in [1.165, 1.54) is 11.8 Å². The highest BCUT2D eigenvalue weighted by Gasteiger charge is 2.12. The molecule has 0 aromatic heterocycles. The highest BCUT2D eigenvalue weighted by molar-refractivity contribution is 8.00. The number of thioether (sulfide) groups is 1. The molecule has 0 fully saturated rings. The first-order valence-electron chi connectivity index (χ1n) is 6.08. The molecule has 0 saturated heterocycles. The fourth-order valence-corrected chi connectivity index (χ4v) is 2.33. The second-order valence-corrected chi connectivity index (χ2v) is 5.65. The number of aryl methyl sites for hydroxylation is 2. The lowest BCUT2D eigenvalue weighted by Crippen LogP contribution is -2.17. The molecule has 0 radical (unpaired) electrons. The molecule has 5 heteroatoms. The van der Waals surface area contributed by atoms with Crippen molar-refractivity contribution in [2.75, 3.05) is 16.8 Å². The van der Waals surface area contributed by atoms with Gasteiger partial charge in [-0.25, -0.2) is 0 Å². The standard InChI is InChI=1S/C14H19NO3S/c1-9-4-5-10(2)12(6-9)15-13(16)8-19-7-11(3)14(17)18/h4-6,11H,7-8H2,1-3H3,(H,15,16)(H,17,18). The first-order valence-corrected chi connectivity index (χ1v) is 7.23. The quantitative estimate of drug-likeness (QED) is 0.841. The lowest BCUT2D eigenvalue weighted by molar-refractivity contribution is -0.140. The Kier molecular flexibility index (Phi) is 5.89. The van der Waals surface area contributed by atoms with Crippen molar-refractivity contribution in [3.05, 3.63) is 29.3 Å². The Balaban J connectivity index is 2.43. The van der Waals surface area contributed by atoms with Crippen molar-refractivity contribution in [1.82, 2.24) is 0 Å². The predicted octanol–water partition coefficient (Wildman–Crippen LogP) is 2.70. The number of amides is 1. The van der Waals surface area contributed by atoms with Gasteiger partial charge in [-0.3, -0.25) is 9.59 Å². The van der Waals surface area contributed by atoms with E-state index in [4.69, 9.17) is 5.11 Å². The summed E-state index contributed by atoms with van der Waals surface area (Å²) in [4.78, 5) is 22.4. The zero-order chi connectivity index (χ0) is 14.4. The molecule has 1 atom stereocenters. The van der Waals surface area contributed by atoms with Gasteiger partial charge in [-0.05, 0) is 31.0 Å². The maximum Gasteiger partial charge on any atom is 0.307 e. The average Bonchev–Trinajstić information content (AvgIpc) is 2.33. The van der Waals surface area contributed by atoms with Crippen LogP contribution in [0, 0.1) is 19.8 Å². The molecule has 0 aliphatic carbocycles. The summed E-state index contributed by atoms with van der Waals surface area (Å²) in [6, 6.07) is 5.89. The van der Waals surface area contributed by atoms with E-state index in [2.05, 4.69) is 5.32 Å². The maximum absolute atomic E-state index is 11.7. The smallest absolute Gasteiger partial charge is 0.307 e. The van der Waals surface area contributed by atoms with E-state index in [-0.39, 0.29) is 11.7 Å². The lowest BCUT2D eigenvalue weighted by atomic mass is 10.1. The number of rotatable bonds is 6. The van der Waals surface area contributed by atoms with Crippen LogP contribution in [0.25, 0.3) is 0 Å². The third-order valence-corrected chi connectivity index (χ3v) is 3.89. The van der Waals surface area contributed by atoms with Gasteiger partial charge in [-0.15, -0.1) is 0 Å². The Hall–Kier alpha value is -1.49. The molecule has 4 nitrogen and oxygen atoms in total. The van der Waals surface area contributed by atoms with Gasteiger partial charge in [0.05, 0.1) is 11.7 Å². The summed E-state index contributed by atoms with van der Waals surface area (Å²) in [6.45, 7) is 5.55. The number of carbonyl (C=O) groups is 2. The summed E-state index contributed by atoms with van der Waals surface area (Å²) in [5.41, 5.74) is 2.92. The van der Waals surface area contributed by atoms with Crippen LogP contribution in [0.5, 0.6) is 0 Å². The molecule has 0 spiro atoms. The zero-order valence-corrected chi connectivity index (χ0v) is 12.2. The van der Waals surface area contributed by atoms with Crippen LogP contribution >= 0.6 is 11.8 Å². The Morgan fingerprint density at radius 1 is 1.37 bits per heavy atom. The number of hydrogen-bond donors (Lipinski definition) is 2. The molecule has 0 aliphatic heterocycles. The minimum absolute atomic E-state index is 0.101. The van der Waals surface area contributed by atoms with Crippen molar-refractivity contribution in [3.8, 4) is 0 Å². The predicted molar refractivity (Wildman–Crippen MR) is 78.7 cm³/mol. The maximum atomic E-state index is 11.7. The van der Waals surface area contributed by atoms with Crippen LogP contribution in [0.3, 0.4) is 0 Å². The number of benzene rings is 1. The van der Waals surface area contributed by atoms with Gasteiger partial charge in [-0.1, -0.05) is 19.1 Å². The van der Waals surface area contributed by atoms with Crippen LogP contribution in [0.1, 0.15) is 18.1 Å². The molecule has 0 saturated carbocycles. The molecular weight excluding hydrogens is 262 g/mol. The number of nitrogens with one attached hydrogen (secondary N) is 1. The fourth-order valence-electron chi connectivity index (χ4n) is 1.46. The Bertz CT molecular complexity index is 474. The Labute approximate surface area is 117 Å². The molecule has 1 amide bonds. The van der Waals surface area contributed by atoms with Crippen molar-refractivity contribution in [1.29, 1.82) is 0 Å². The third kappa shape index (κ3) is 5.34. The van der Waals surface area contributed by atoms with Crippen LogP contribution in [0.15, 0.2) is 18.2 Å². The van der Waals surface area contributed by atoms with Gasteiger partial charge in [0.2, 0.25) is 5.91 Å². The fraction of sp³-hybridized carbons (Fsp3) is 0.429. The molecule has 0 bridgehead atoms. The van der Waals surface area contributed by atoms with Crippen molar-refractivity contribution in [2.45, 2.75) is 20.8 Å². The van der Waals surface area contributed by atoms with E-state index in [1.54, 1.807) is 6.92 Å². The van der Waals surface area contributed by atoms with Crippen LogP contribution in [0.4, 0.5) is 5.69 Å². The van der Waals surface area contributed by atoms with Gasteiger partial charge in [0.25, 0.3) is 0 Å². The first kappa shape index (κ1) is 15.6. The molecule has 104 valence electrons. The number of aliphatic carboxylic acids is 1. The van der Waals surface area contributed by atoms with Gasteiger partial charge in [-0.2, -0.15) is 11.8 Å². The minimum atomic E-state index is -0.831. The molecule has 0 aliphatic rings. The van der Waals surface area contributed by atoms with Gasteiger partial charge in [0.1, 0.15) is 0 Å². The largest absolute Gasteiger partial charge is 0.481 e. The molecule has 19 heavy (non-hydrogen) atoms. The average molecular weight is 281 g/mol. The van der Waals surface area contributed by atoms with Gasteiger partial charge < -0.3 is 10.4 Å². The summed E-state index contributed by atoms with van der Waals surface area (Å²) < 4.78 is 0. The molecule has 0 heterocycles. The van der Waals surface area contributed by atoms with Crippen molar-refractivity contribution in [2.24, 2.45) is 5.92 Å². The van der Waals surface area contributed by atoms with Gasteiger partial charge >= 0.3 is 5.97 Å². The number of carboxylic acid groups (broad SMARTS) is 1. The number of carbonyl (C=O) groups excluding carboxylic acids is 1. The Morgan fingerprint density at radius 2 is 2.05 bits per heavy atom. The number of hydrogen-bond acceptors (Lipinski definition) is 3. The topological polar surface area (TPSA) is 66.4 Å². The van der Waals surface area contributed by atoms with E-state index in [1.807, 2.05) is 32.0 Å². The summed E-state index contributed by atoms with van der Waals surface area (Å²) in [6.07, 6.45) is 0. The third-order valence-electron chi connectivity index (χ3n) is 2.69. The first-order chi connectivity index (χ1) is 8.90. The molecule has 1 aromatic rings. The highest BCUT2D eigenvalue weighted by atomic mass is 32.2.